The number of carbonyl (C=O) groups excluding carboxylic acids is 2. The second kappa shape index (κ2) is 13.3. The monoisotopic (exact) mass is 619 g/mol. The summed E-state index contributed by atoms with van der Waals surface area (Å²) in [6, 6.07) is 3.15. The molecule has 1 saturated heterocycles. The normalized spacial score (nSPS) is 23.3. The van der Waals surface area contributed by atoms with Crippen molar-refractivity contribution in [2.24, 2.45) is 5.41 Å². The summed E-state index contributed by atoms with van der Waals surface area (Å²) in [5.41, 5.74) is -0.385. The third-order valence-corrected chi connectivity index (χ3v) is 8.73. The average molecular weight is 620 g/mol. The molecule has 0 unspecified atom stereocenters. The molecule has 14 heteroatoms. The molecule has 0 radical (unpaired) electrons. The summed E-state index contributed by atoms with van der Waals surface area (Å²) in [7, 11) is 2.94. The van der Waals surface area contributed by atoms with Gasteiger partial charge < -0.3 is 29.9 Å². The minimum atomic E-state index is -1.52. The molecule has 1 aliphatic heterocycles. The molecule has 1 atom stereocenters. The zero-order valence-corrected chi connectivity index (χ0v) is 25.5. The van der Waals surface area contributed by atoms with E-state index in [1.807, 2.05) is 0 Å². The number of carboxylic acid groups (broad SMARTS) is 2. The Kier molecular flexibility index (Phi) is 9.98. The van der Waals surface area contributed by atoms with E-state index in [0.717, 1.165) is 24.2 Å². The molecule has 2 aromatic rings. The molecule has 13 nitrogen and oxygen atoms in total. The van der Waals surface area contributed by atoms with Gasteiger partial charge in [-0.2, -0.15) is 0 Å². The number of aromatic nitrogens is 2. The molecule has 1 amide bonds. The van der Waals surface area contributed by atoms with Gasteiger partial charge in [0.25, 0.3) is 0 Å². The van der Waals surface area contributed by atoms with Crippen molar-refractivity contribution in [3.8, 4) is 0 Å². The molecule has 1 aromatic heterocycles. The second-order valence-electron chi connectivity index (χ2n) is 11.4. The smallest absolute Gasteiger partial charge is 0.407 e. The van der Waals surface area contributed by atoms with Gasteiger partial charge in [0.15, 0.2) is 5.82 Å². The molecule has 2 heterocycles. The zero-order valence-electron chi connectivity index (χ0n) is 24.8. The number of Topliss-reactive ketones (excluding diaryl/α,β-unsaturated/α-hetero) is 1. The maximum Gasteiger partial charge on any atom is 0.407 e. The van der Waals surface area contributed by atoms with Crippen LogP contribution in [0, 0.1) is 5.41 Å². The van der Waals surface area contributed by atoms with Gasteiger partial charge in [-0.3, -0.25) is 14.3 Å². The van der Waals surface area contributed by atoms with Crippen molar-refractivity contribution in [2.45, 2.75) is 51.6 Å². The van der Waals surface area contributed by atoms with Crippen LogP contribution in [0.4, 0.5) is 10.5 Å². The number of anilines is 1. The fraction of sp³-hybridized carbons (Fsp3) is 0.552. The molecule has 2 fully saturated rings. The number of amides is 1. The van der Waals surface area contributed by atoms with Gasteiger partial charge in [-0.15, -0.1) is 0 Å². The number of rotatable bonds is 10. The van der Waals surface area contributed by atoms with E-state index in [4.69, 9.17) is 16.3 Å². The van der Waals surface area contributed by atoms with E-state index in [0.29, 0.717) is 55.6 Å². The number of alkyl carbamates (subject to hydrolysis) is 1. The van der Waals surface area contributed by atoms with Crippen LogP contribution >= 0.6 is 11.6 Å². The van der Waals surface area contributed by atoms with Gasteiger partial charge in [0, 0.05) is 50.8 Å². The lowest BCUT2D eigenvalue weighted by molar-refractivity contribution is -0.133. The number of methoxy groups -OCH3 is 2. The predicted molar refractivity (Wildman–Crippen MR) is 160 cm³/mol. The first-order valence-corrected chi connectivity index (χ1v) is 14.5. The fourth-order valence-corrected chi connectivity index (χ4v) is 6.25. The zero-order chi connectivity index (χ0) is 31.5. The number of carboxylic acids is 2. The lowest BCUT2D eigenvalue weighted by atomic mass is 9.71. The van der Waals surface area contributed by atoms with Gasteiger partial charge in [-0.25, -0.2) is 19.4 Å². The highest BCUT2D eigenvalue weighted by Crippen LogP contribution is 2.41. The highest BCUT2D eigenvalue weighted by Gasteiger charge is 2.41. The highest BCUT2D eigenvalue weighted by atomic mass is 35.5. The number of nitrogens with zero attached hydrogens (tertiary/aromatic N) is 4. The van der Waals surface area contributed by atoms with Crippen molar-refractivity contribution in [1.82, 2.24) is 19.8 Å². The Morgan fingerprint density at radius 2 is 1.86 bits per heavy atom. The van der Waals surface area contributed by atoms with Crippen molar-refractivity contribution in [1.29, 1.82) is 0 Å². The van der Waals surface area contributed by atoms with Crippen LogP contribution in [0.15, 0.2) is 18.2 Å². The molecule has 0 spiro atoms. The summed E-state index contributed by atoms with van der Waals surface area (Å²) in [5.74, 6) is -3.61. The predicted octanol–water partition coefficient (Wildman–Crippen LogP) is 3.34. The second-order valence-corrected chi connectivity index (χ2v) is 11.8. The first-order valence-electron chi connectivity index (χ1n) is 14.2. The molecule has 4 rings (SSSR count). The number of fused-ring (bicyclic) bond motifs is 1. The van der Waals surface area contributed by atoms with Crippen LogP contribution < -0.4 is 10.2 Å². The fourth-order valence-electron chi connectivity index (χ4n) is 5.98. The molecular weight excluding hydrogens is 582 g/mol. The summed E-state index contributed by atoms with van der Waals surface area (Å²) >= 11 is 6.76. The summed E-state index contributed by atoms with van der Waals surface area (Å²) in [5, 5.41) is 22.8. The largest absolute Gasteiger partial charge is 0.478 e. The molecule has 1 saturated carbocycles. The number of ether oxygens (including phenoxy) is 2. The van der Waals surface area contributed by atoms with Gasteiger partial charge in [-0.1, -0.05) is 18.5 Å². The van der Waals surface area contributed by atoms with E-state index < -0.39 is 34.9 Å². The van der Waals surface area contributed by atoms with Gasteiger partial charge >= 0.3 is 18.0 Å². The maximum atomic E-state index is 14.1. The van der Waals surface area contributed by atoms with Crippen molar-refractivity contribution in [2.75, 3.05) is 51.9 Å². The van der Waals surface area contributed by atoms with Crippen molar-refractivity contribution < 1.29 is 38.9 Å². The number of ketones is 1. The standard InChI is InChI=1S/C29H38ClN5O8/c1-17-16-33(11-12-42-3)9-10-34(17)21-14-22-20(13-19(21)30)32-26(35(22)23(27(39)40)15-24(36)37)25(38)29(2)7-5-18(6-8-29)31-28(41)43-4/h13-15,17-18H,5-12,16H2,1-4H3,(H,31,41)(H,36,37)(H,39,40)/b23-15-/t17-,18?,29?/m0/s1. The SMILES string of the molecule is COCCN1CCN(c2cc3c(cc2Cl)nc(C(=O)C2(C)CCC(NC(=O)OC)CC2)n3/C(=C\C(=O)O)C(=O)O)[C@@H](C)C1. The summed E-state index contributed by atoms with van der Waals surface area (Å²) in [6.45, 7) is 7.40. The van der Waals surface area contributed by atoms with Crippen molar-refractivity contribution >= 4 is 57.8 Å². The van der Waals surface area contributed by atoms with Crippen LogP contribution in [-0.2, 0) is 19.1 Å². The van der Waals surface area contributed by atoms with Crippen LogP contribution in [0.3, 0.4) is 0 Å². The van der Waals surface area contributed by atoms with E-state index in [9.17, 15) is 29.4 Å². The van der Waals surface area contributed by atoms with Crippen molar-refractivity contribution in [3.63, 3.8) is 0 Å². The Balaban J connectivity index is 1.77. The highest BCUT2D eigenvalue weighted by molar-refractivity contribution is 6.34. The third-order valence-electron chi connectivity index (χ3n) is 8.42. The lowest BCUT2D eigenvalue weighted by Crippen LogP contribution is -2.52. The summed E-state index contributed by atoms with van der Waals surface area (Å²) in [4.78, 5) is 58.9. The maximum absolute atomic E-state index is 14.1. The number of aliphatic carboxylic acids is 2. The number of piperazine rings is 1. The van der Waals surface area contributed by atoms with E-state index in [-0.39, 0.29) is 28.9 Å². The van der Waals surface area contributed by atoms with E-state index in [2.05, 4.69) is 31.8 Å². The molecule has 2 aliphatic rings. The van der Waals surface area contributed by atoms with E-state index in [1.165, 1.54) is 7.11 Å². The van der Waals surface area contributed by atoms with Gasteiger partial charge in [-0.05, 0) is 44.7 Å². The minimum absolute atomic E-state index is 0.0548. The molecule has 0 bridgehead atoms. The van der Waals surface area contributed by atoms with Crippen LogP contribution in [0.5, 0.6) is 0 Å². The molecule has 1 aliphatic carbocycles. The quantitative estimate of drug-likeness (QED) is 0.264. The third kappa shape index (κ3) is 6.94. The van der Waals surface area contributed by atoms with Gasteiger partial charge in [0.05, 0.1) is 41.5 Å². The van der Waals surface area contributed by atoms with Gasteiger partial charge in [0.1, 0.15) is 5.70 Å². The van der Waals surface area contributed by atoms with Crippen LogP contribution in [0.25, 0.3) is 16.7 Å². The Labute approximate surface area is 254 Å². The lowest BCUT2D eigenvalue weighted by Gasteiger charge is -2.41. The Morgan fingerprint density at radius 3 is 2.44 bits per heavy atom. The molecule has 3 N–H and O–H groups in total. The van der Waals surface area contributed by atoms with E-state index in [1.54, 1.807) is 26.2 Å². The van der Waals surface area contributed by atoms with Crippen LogP contribution in [0.2, 0.25) is 5.02 Å². The van der Waals surface area contributed by atoms with Crippen LogP contribution in [-0.4, -0.2) is 108 Å². The molecule has 234 valence electrons. The first-order chi connectivity index (χ1) is 20.4. The summed E-state index contributed by atoms with van der Waals surface area (Å²) in [6.07, 6.45) is 1.80. The minimum Gasteiger partial charge on any atom is -0.478 e. The number of hydrogen-bond donors (Lipinski definition) is 3. The molecular formula is C29H38ClN5O8. The average Bonchev–Trinajstić information content (AvgIpc) is 3.32. The Hall–Kier alpha value is -3.68. The van der Waals surface area contributed by atoms with Gasteiger partial charge in [0.2, 0.25) is 5.78 Å². The number of halogens is 1. The van der Waals surface area contributed by atoms with Crippen molar-refractivity contribution in [3.05, 3.63) is 29.1 Å². The number of nitrogens with one attached hydrogen (secondary N) is 1. The Morgan fingerprint density at radius 1 is 1.16 bits per heavy atom. The molecule has 43 heavy (non-hydrogen) atoms. The number of carbonyl (C=O) groups is 4. The topological polar surface area (TPSA) is 164 Å². The molecule has 1 aromatic carbocycles. The number of hydrogen-bond acceptors (Lipinski definition) is 9. The number of benzene rings is 1. The van der Waals surface area contributed by atoms with E-state index >= 15 is 0 Å². The summed E-state index contributed by atoms with van der Waals surface area (Å²) < 4.78 is 11.0. The number of imidazole rings is 1. The van der Waals surface area contributed by atoms with Crippen LogP contribution in [0.1, 0.15) is 50.1 Å². The first kappa shape index (κ1) is 32.2. The Bertz CT molecular complexity index is 1430.